The largest absolute Gasteiger partial charge is 0.347 e. The Balaban J connectivity index is 4.46. The van der Waals surface area contributed by atoms with Crippen molar-refractivity contribution in [2.24, 2.45) is 5.92 Å². The molecule has 0 bridgehead atoms. The summed E-state index contributed by atoms with van der Waals surface area (Å²) in [6.07, 6.45) is 1.06. The SMILES string of the molecule is CCNC(C)CC(=O)NC(CC(C)C)C(=O)N(C)C. The average Bonchev–Trinajstić information content (AvgIpc) is 2.26. The first kappa shape index (κ1) is 17.9. The standard InChI is InChI=1S/C14H29N3O2/c1-7-15-11(4)9-13(18)16-12(8-10(2)3)14(19)17(5)6/h10-12,15H,7-9H2,1-6H3,(H,16,18). The van der Waals surface area contributed by atoms with Crippen molar-refractivity contribution in [3.63, 3.8) is 0 Å². The molecule has 0 aromatic carbocycles. The predicted octanol–water partition coefficient (Wildman–Crippen LogP) is 0.994. The first-order chi connectivity index (χ1) is 8.77. The summed E-state index contributed by atoms with van der Waals surface area (Å²) in [6, 6.07) is -0.296. The van der Waals surface area contributed by atoms with Gasteiger partial charge in [0.05, 0.1) is 0 Å². The minimum absolute atomic E-state index is 0.0434. The molecule has 2 amide bonds. The van der Waals surface area contributed by atoms with E-state index < -0.39 is 6.04 Å². The van der Waals surface area contributed by atoms with Crippen LogP contribution in [0.2, 0.25) is 0 Å². The van der Waals surface area contributed by atoms with Gasteiger partial charge in [0.1, 0.15) is 6.04 Å². The molecular weight excluding hydrogens is 242 g/mol. The Hall–Kier alpha value is -1.10. The van der Waals surface area contributed by atoms with Crippen molar-refractivity contribution >= 4 is 11.8 Å². The first-order valence-corrected chi connectivity index (χ1v) is 7.01. The molecule has 2 atom stereocenters. The highest BCUT2D eigenvalue weighted by Gasteiger charge is 2.23. The second kappa shape index (κ2) is 8.91. The zero-order valence-corrected chi connectivity index (χ0v) is 13.1. The number of amides is 2. The summed E-state index contributed by atoms with van der Waals surface area (Å²) in [5.74, 6) is 0.243. The highest BCUT2D eigenvalue weighted by molar-refractivity contribution is 5.87. The lowest BCUT2D eigenvalue weighted by Crippen LogP contribution is -2.48. The Kier molecular flexibility index (Phi) is 8.39. The molecule has 0 aromatic heterocycles. The van der Waals surface area contributed by atoms with Crippen LogP contribution < -0.4 is 10.6 Å². The minimum Gasteiger partial charge on any atom is -0.347 e. The van der Waals surface area contributed by atoms with Gasteiger partial charge in [-0.05, 0) is 25.8 Å². The molecule has 0 aliphatic rings. The summed E-state index contributed by atoms with van der Waals surface area (Å²) in [7, 11) is 3.42. The Morgan fingerprint density at radius 1 is 1.16 bits per heavy atom. The lowest BCUT2D eigenvalue weighted by Gasteiger charge is -2.24. The zero-order valence-electron chi connectivity index (χ0n) is 13.1. The van der Waals surface area contributed by atoms with Gasteiger partial charge in [0.25, 0.3) is 0 Å². The maximum Gasteiger partial charge on any atom is 0.244 e. The van der Waals surface area contributed by atoms with E-state index in [4.69, 9.17) is 0 Å². The van der Waals surface area contributed by atoms with Crippen LogP contribution in [0.5, 0.6) is 0 Å². The van der Waals surface area contributed by atoms with E-state index in [1.165, 1.54) is 4.90 Å². The van der Waals surface area contributed by atoms with Gasteiger partial charge >= 0.3 is 0 Å². The summed E-state index contributed by atoms with van der Waals surface area (Å²) in [6.45, 7) is 8.90. The third-order valence-corrected chi connectivity index (χ3v) is 2.83. The number of likely N-dealkylation sites (N-methyl/N-ethyl adjacent to an activating group) is 1. The third kappa shape index (κ3) is 7.82. The average molecular weight is 271 g/mol. The lowest BCUT2D eigenvalue weighted by molar-refractivity contribution is -0.135. The van der Waals surface area contributed by atoms with Crippen LogP contribution in [0.4, 0.5) is 0 Å². The maximum atomic E-state index is 12.0. The lowest BCUT2D eigenvalue weighted by atomic mass is 10.0. The van der Waals surface area contributed by atoms with Crippen LogP contribution in [0, 0.1) is 5.92 Å². The topological polar surface area (TPSA) is 61.4 Å². The van der Waals surface area contributed by atoms with Crippen molar-refractivity contribution in [1.82, 2.24) is 15.5 Å². The highest BCUT2D eigenvalue weighted by atomic mass is 16.2. The molecule has 0 aliphatic heterocycles. The molecule has 2 unspecified atom stereocenters. The summed E-state index contributed by atoms with van der Waals surface area (Å²) >= 11 is 0. The first-order valence-electron chi connectivity index (χ1n) is 7.01. The van der Waals surface area contributed by atoms with Crippen molar-refractivity contribution in [2.75, 3.05) is 20.6 Å². The van der Waals surface area contributed by atoms with Crippen LogP contribution in [0.3, 0.4) is 0 Å². The van der Waals surface area contributed by atoms with Gasteiger partial charge in [-0.3, -0.25) is 9.59 Å². The van der Waals surface area contributed by atoms with Crippen molar-refractivity contribution in [3.05, 3.63) is 0 Å². The van der Waals surface area contributed by atoms with Crippen molar-refractivity contribution in [3.8, 4) is 0 Å². The molecular formula is C14H29N3O2. The van der Waals surface area contributed by atoms with E-state index in [2.05, 4.69) is 10.6 Å². The summed E-state index contributed by atoms with van der Waals surface area (Å²) in [5, 5.41) is 6.03. The van der Waals surface area contributed by atoms with E-state index in [1.54, 1.807) is 14.1 Å². The molecule has 0 radical (unpaired) electrons. The van der Waals surface area contributed by atoms with Gasteiger partial charge in [-0.15, -0.1) is 0 Å². The van der Waals surface area contributed by atoms with Crippen LogP contribution in [0.1, 0.15) is 40.5 Å². The number of carbonyl (C=O) groups excluding carboxylic acids is 2. The second-order valence-electron chi connectivity index (χ2n) is 5.65. The molecule has 0 fully saturated rings. The van der Waals surface area contributed by atoms with Gasteiger partial charge in [0.2, 0.25) is 11.8 Å². The minimum atomic E-state index is -0.420. The monoisotopic (exact) mass is 271 g/mol. The van der Waals surface area contributed by atoms with Gasteiger partial charge < -0.3 is 15.5 Å². The Morgan fingerprint density at radius 2 is 1.74 bits per heavy atom. The zero-order chi connectivity index (χ0) is 15.0. The third-order valence-electron chi connectivity index (χ3n) is 2.83. The van der Waals surface area contributed by atoms with Crippen molar-refractivity contribution < 1.29 is 9.59 Å². The van der Waals surface area contributed by atoms with E-state index >= 15 is 0 Å². The van der Waals surface area contributed by atoms with Gasteiger partial charge in [-0.2, -0.15) is 0 Å². The summed E-state index contributed by atoms with van der Waals surface area (Å²) in [4.78, 5) is 25.5. The second-order valence-corrected chi connectivity index (χ2v) is 5.65. The van der Waals surface area contributed by atoms with Gasteiger partial charge in [-0.25, -0.2) is 0 Å². The Morgan fingerprint density at radius 3 is 2.16 bits per heavy atom. The molecule has 19 heavy (non-hydrogen) atoms. The van der Waals surface area contributed by atoms with Crippen LogP contribution in [0.25, 0.3) is 0 Å². The van der Waals surface area contributed by atoms with Crippen LogP contribution in [-0.4, -0.2) is 49.4 Å². The van der Waals surface area contributed by atoms with Crippen LogP contribution in [0.15, 0.2) is 0 Å². The van der Waals surface area contributed by atoms with E-state index in [0.717, 1.165) is 6.54 Å². The van der Waals surface area contributed by atoms with Crippen LogP contribution in [-0.2, 0) is 9.59 Å². The molecule has 2 N–H and O–H groups in total. The highest BCUT2D eigenvalue weighted by Crippen LogP contribution is 2.07. The fourth-order valence-corrected chi connectivity index (χ4v) is 1.96. The molecule has 0 aromatic rings. The van der Waals surface area contributed by atoms with Gasteiger partial charge in [0, 0.05) is 26.6 Å². The number of nitrogens with one attached hydrogen (secondary N) is 2. The van der Waals surface area contributed by atoms with E-state index in [1.807, 2.05) is 27.7 Å². The molecule has 0 rings (SSSR count). The fraction of sp³-hybridized carbons (Fsp3) is 0.857. The molecule has 0 saturated heterocycles. The number of nitrogens with zero attached hydrogens (tertiary/aromatic N) is 1. The quantitative estimate of drug-likeness (QED) is 0.692. The maximum absolute atomic E-state index is 12.0. The molecule has 0 aliphatic carbocycles. The summed E-state index contributed by atoms with van der Waals surface area (Å²) < 4.78 is 0. The number of rotatable bonds is 8. The molecule has 0 spiro atoms. The van der Waals surface area contributed by atoms with Crippen molar-refractivity contribution in [1.29, 1.82) is 0 Å². The number of hydrogen-bond donors (Lipinski definition) is 2. The fourth-order valence-electron chi connectivity index (χ4n) is 1.96. The van der Waals surface area contributed by atoms with Crippen molar-refractivity contribution in [2.45, 2.75) is 52.6 Å². The molecule has 0 saturated carbocycles. The Bertz CT molecular complexity index is 290. The van der Waals surface area contributed by atoms with Gasteiger partial charge in [-0.1, -0.05) is 20.8 Å². The van der Waals surface area contributed by atoms with Gasteiger partial charge in [0.15, 0.2) is 0 Å². The Labute approximate surface area is 117 Å². The molecule has 0 heterocycles. The summed E-state index contributed by atoms with van der Waals surface area (Å²) in [5.41, 5.74) is 0. The molecule has 5 nitrogen and oxygen atoms in total. The van der Waals surface area contributed by atoms with E-state index in [-0.39, 0.29) is 17.9 Å². The molecule has 112 valence electrons. The van der Waals surface area contributed by atoms with E-state index in [0.29, 0.717) is 18.8 Å². The molecule has 5 heteroatoms. The number of carbonyl (C=O) groups is 2. The predicted molar refractivity (Wildman–Crippen MR) is 77.8 cm³/mol. The van der Waals surface area contributed by atoms with E-state index in [9.17, 15) is 9.59 Å². The smallest absolute Gasteiger partial charge is 0.244 e. The van der Waals surface area contributed by atoms with Crippen LogP contribution >= 0.6 is 0 Å². The number of hydrogen-bond acceptors (Lipinski definition) is 3. The normalized spacial score (nSPS) is 14.1.